The van der Waals surface area contributed by atoms with Crippen LogP contribution in [0.25, 0.3) is 11.1 Å². The number of imide groups is 1. The molecule has 0 saturated carbocycles. The van der Waals surface area contributed by atoms with Gasteiger partial charge in [0, 0.05) is 44.0 Å². The van der Waals surface area contributed by atoms with E-state index in [1.165, 1.54) is 12.1 Å². The van der Waals surface area contributed by atoms with Crippen LogP contribution in [-0.2, 0) is 19.9 Å². The van der Waals surface area contributed by atoms with Gasteiger partial charge in [-0.2, -0.15) is 0 Å². The third-order valence-corrected chi connectivity index (χ3v) is 6.90. The van der Waals surface area contributed by atoms with Gasteiger partial charge in [-0.15, -0.1) is 0 Å². The number of amides is 2. The zero-order valence-corrected chi connectivity index (χ0v) is 19.4. The fraction of sp³-hybridized carbons (Fsp3) is 0.222. The maximum atomic E-state index is 13.4. The molecule has 0 bridgehead atoms. The second kappa shape index (κ2) is 9.35. The summed E-state index contributed by atoms with van der Waals surface area (Å²) in [5, 5.41) is 13.3. The van der Waals surface area contributed by atoms with E-state index in [2.05, 4.69) is 10.2 Å². The maximum Gasteiger partial charge on any atom is 0.269 e. The molecule has 1 N–H and O–H groups in total. The molecule has 2 fully saturated rings. The van der Waals surface area contributed by atoms with E-state index in [9.17, 15) is 24.5 Å². The number of piperazine rings is 1. The lowest BCUT2D eigenvalue weighted by Gasteiger charge is -2.47. The van der Waals surface area contributed by atoms with E-state index in [0.717, 1.165) is 16.8 Å². The fourth-order valence-corrected chi connectivity index (χ4v) is 5.08. The first-order chi connectivity index (χ1) is 17.4. The SMILES string of the molecule is O=C1CC(=O)C(c2ccc(-c3ccccc3)cc2)(N2CCN(c3ccc([N+](=O)[O-])cc3)CC2)C(=O)N1. The molecule has 2 heterocycles. The molecule has 0 spiro atoms. The summed E-state index contributed by atoms with van der Waals surface area (Å²) in [4.78, 5) is 53.2. The van der Waals surface area contributed by atoms with Gasteiger partial charge in [-0.1, -0.05) is 54.6 Å². The van der Waals surface area contributed by atoms with Gasteiger partial charge in [0.1, 0.15) is 0 Å². The molecule has 182 valence electrons. The van der Waals surface area contributed by atoms with E-state index in [1.54, 1.807) is 24.3 Å². The van der Waals surface area contributed by atoms with Gasteiger partial charge in [0.15, 0.2) is 11.3 Å². The minimum Gasteiger partial charge on any atom is -0.369 e. The van der Waals surface area contributed by atoms with Crippen molar-refractivity contribution >= 4 is 29.0 Å². The van der Waals surface area contributed by atoms with Gasteiger partial charge in [0.25, 0.3) is 11.6 Å². The zero-order chi connectivity index (χ0) is 25.3. The van der Waals surface area contributed by atoms with Crippen molar-refractivity contribution in [3.63, 3.8) is 0 Å². The average molecular weight is 485 g/mol. The van der Waals surface area contributed by atoms with Gasteiger partial charge in [-0.3, -0.25) is 34.7 Å². The molecule has 1 atom stereocenters. The number of nitro groups is 1. The number of hydrogen-bond donors (Lipinski definition) is 1. The summed E-state index contributed by atoms with van der Waals surface area (Å²) in [6, 6.07) is 23.5. The molecular weight excluding hydrogens is 460 g/mol. The summed E-state index contributed by atoms with van der Waals surface area (Å²) >= 11 is 0. The number of hydrogen-bond acceptors (Lipinski definition) is 7. The maximum absolute atomic E-state index is 13.4. The number of nitro benzene ring substituents is 1. The van der Waals surface area contributed by atoms with Crippen molar-refractivity contribution in [3.8, 4) is 11.1 Å². The highest BCUT2D eigenvalue weighted by atomic mass is 16.6. The van der Waals surface area contributed by atoms with Gasteiger partial charge in [-0.25, -0.2) is 0 Å². The number of nitrogens with one attached hydrogen (secondary N) is 1. The molecule has 2 amide bonds. The van der Waals surface area contributed by atoms with Crippen LogP contribution >= 0.6 is 0 Å². The van der Waals surface area contributed by atoms with Crippen molar-refractivity contribution in [2.45, 2.75) is 12.0 Å². The highest BCUT2D eigenvalue weighted by Crippen LogP contribution is 2.36. The Morgan fingerprint density at radius 1 is 0.778 bits per heavy atom. The van der Waals surface area contributed by atoms with E-state index in [-0.39, 0.29) is 12.1 Å². The molecule has 36 heavy (non-hydrogen) atoms. The Morgan fingerprint density at radius 2 is 1.39 bits per heavy atom. The molecule has 0 radical (unpaired) electrons. The van der Waals surface area contributed by atoms with Crippen LogP contribution in [0, 0.1) is 10.1 Å². The molecule has 2 aliphatic rings. The monoisotopic (exact) mass is 484 g/mol. The molecular formula is C27H24N4O5. The number of carbonyl (C=O) groups excluding carboxylic acids is 3. The first-order valence-corrected chi connectivity index (χ1v) is 11.7. The number of nitrogens with zero attached hydrogens (tertiary/aromatic N) is 3. The molecule has 0 aromatic heterocycles. The lowest BCUT2D eigenvalue weighted by atomic mass is 9.78. The summed E-state index contributed by atoms with van der Waals surface area (Å²) in [7, 11) is 0. The van der Waals surface area contributed by atoms with E-state index >= 15 is 0 Å². The minimum atomic E-state index is -1.59. The van der Waals surface area contributed by atoms with Gasteiger partial charge < -0.3 is 4.90 Å². The topological polar surface area (TPSA) is 113 Å². The molecule has 9 heteroatoms. The number of piperidine rings is 1. The van der Waals surface area contributed by atoms with Crippen LogP contribution in [-0.4, -0.2) is 53.6 Å². The van der Waals surface area contributed by atoms with Crippen LogP contribution in [0.5, 0.6) is 0 Å². The van der Waals surface area contributed by atoms with Crippen molar-refractivity contribution in [2.24, 2.45) is 0 Å². The Labute approximate surface area is 207 Å². The minimum absolute atomic E-state index is 0.0180. The lowest BCUT2D eigenvalue weighted by molar-refractivity contribution is -0.384. The summed E-state index contributed by atoms with van der Waals surface area (Å²) < 4.78 is 0. The first-order valence-electron chi connectivity index (χ1n) is 11.7. The Morgan fingerprint density at radius 3 is 1.97 bits per heavy atom. The number of carbonyl (C=O) groups is 3. The Hall–Kier alpha value is -4.37. The molecule has 3 aromatic rings. The summed E-state index contributed by atoms with van der Waals surface area (Å²) in [6.45, 7) is 1.81. The van der Waals surface area contributed by atoms with Crippen molar-refractivity contribution < 1.29 is 19.3 Å². The summed E-state index contributed by atoms with van der Waals surface area (Å²) in [5.41, 5.74) is 1.76. The number of anilines is 1. The van der Waals surface area contributed by atoms with Crippen molar-refractivity contribution in [3.05, 3.63) is 94.5 Å². The first kappa shape index (κ1) is 23.4. The highest BCUT2D eigenvalue weighted by Gasteiger charge is 2.55. The molecule has 3 aromatic carbocycles. The van der Waals surface area contributed by atoms with Crippen LogP contribution in [0.1, 0.15) is 12.0 Å². The standard InChI is InChI=1S/C27H24N4O5/c32-24-18-25(33)28-26(34)27(24,21-8-6-20(7-9-21)19-4-2-1-3-5-19)30-16-14-29(15-17-30)22-10-12-23(13-11-22)31(35)36/h1-13H,14-18H2,(H,28,33,34). The second-order valence-electron chi connectivity index (χ2n) is 8.88. The fourth-order valence-electron chi connectivity index (χ4n) is 5.08. The van der Waals surface area contributed by atoms with Crippen LogP contribution < -0.4 is 10.2 Å². The van der Waals surface area contributed by atoms with Crippen LogP contribution in [0.15, 0.2) is 78.9 Å². The van der Waals surface area contributed by atoms with E-state index < -0.39 is 28.1 Å². The number of benzene rings is 3. The van der Waals surface area contributed by atoms with Crippen molar-refractivity contribution in [1.29, 1.82) is 0 Å². The Balaban J connectivity index is 1.44. The third-order valence-electron chi connectivity index (χ3n) is 6.90. The predicted octanol–water partition coefficient (Wildman–Crippen LogP) is 2.89. The molecule has 1 unspecified atom stereocenters. The smallest absolute Gasteiger partial charge is 0.269 e. The van der Waals surface area contributed by atoms with Gasteiger partial charge in [0.2, 0.25) is 5.91 Å². The quantitative estimate of drug-likeness (QED) is 0.256. The molecule has 2 aliphatic heterocycles. The lowest BCUT2D eigenvalue weighted by Crippen LogP contribution is -2.68. The highest BCUT2D eigenvalue weighted by molar-refractivity contribution is 6.24. The normalized spacial score (nSPS) is 20.8. The zero-order valence-electron chi connectivity index (χ0n) is 19.4. The average Bonchev–Trinajstić information content (AvgIpc) is 2.90. The number of rotatable bonds is 5. The van der Waals surface area contributed by atoms with E-state index in [0.29, 0.717) is 31.7 Å². The van der Waals surface area contributed by atoms with Gasteiger partial charge in [0.05, 0.1) is 11.3 Å². The largest absolute Gasteiger partial charge is 0.369 e. The molecule has 9 nitrogen and oxygen atoms in total. The number of non-ortho nitro benzene ring substituents is 1. The van der Waals surface area contributed by atoms with Crippen LogP contribution in [0.2, 0.25) is 0 Å². The third kappa shape index (κ3) is 4.03. The van der Waals surface area contributed by atoms with Crippen LogP contribution in [0.4, 0.5) is 11.4 Å². The van der Waals surface area contributed by atoms with Gasteiger partial charge in [-0.05, 0) is 28.8 Å². The number of ketones is 1. The Bertz CT molecular complexity index is 1290. The summed E-state index contributed by atoms with van der Waals surface area (Å²) in [6.07, 6.45) is -0.366. The van der Waals surface area contributed by atoms with Crippen LogP contribution in [0.3, 0.4) is 0 Å². The second-order valence-corrected chi connectivity index (χ2v) is 8.88. The van der Waals surface area contributed by atoms with Crippen molar-refractivity contribution in [1.82, 2.24) is 10.2 Å². The Kier molecular flexibility index (Phi) is 6.07. The van der Waals surface area contributed by atoms with E-state index in [1.807, 2.05) is 47.4 Å². The molecule has 5 rings (SSSR count). The van der Waals surface area contributed by atoms with Crippen molar-refractivity contribution in [2.75, 3.05) is 31.1 Å². The van der Waals surface area contributed by atoms with Gasteiger partial charge >= 0.3 is 0 Å². The number of Topliss-reactive ketones (excluding diaryl/α,β-unsaturated/α-hetero) is 1. The predicted molar refractivity (Wildman–Crippen MR) is 133 cm³/mol. The molecule has 2 saturated heterocycles. The molecule has 0 aliphatic carbocycles. The summed E-state index contributed by atoms with van der Waals surface area (Å²) in [5.74, 6) is -1.65. The van der Waals surface area contributed by atoms with E-state index in [4.69, 9.17) is 0 Å².